The molecule has 2 heterocycles. The average Bonchev–Trinajstić information content (AvgIpc) is 2.99. The highest BCUT2D eigenvalue weighted by Crippen LogP contribution is 2.47. The molecule has 0 aromatic heterocycles. The minimum absolute atomic E-state index is 0.0163. The minimum atomic E-state index is 0.0163. The van der Waals surface area contributed by atoms with Crippen molar-refractivity contribution >= 4 is 17.4 Å². The number of halogens is 1. The average molecular weight is 456 g/mol. The van der Waals surface area contributed by atoms with Crippen molar-refractivity contribution in [2.75, 3.05) is 19.6 Å². The second kappa shape index (κ2) is 9.99. The maximum absolute atomic E-state index is 7.25. The Morgan fingerprint density at radius 3 is 2.33 bits per heavy atom. The second-order valence-corrected chi connectivity index (χ2v) is 9.39. The number of hydrogen-bond acceptors (Lipinski definition) is 2. The van der Waals surface area contributed by atoms with Gasteiger partial charge in [-0.15, -0.1) is 0 Å². The molecule has 168 valence electrons. The Morgan fingerprint density at radius 1 is 0.879 bits per heavy atom. The maximum atomic E-state index is 7.25. The Morgan fingerprint density at radius 2 is 1.58 bits per heavy atom. The summed E-state index contributed by atoms with van der Waals surface area (Å²) in [7, 11) is 0. The van der Waals surface area contributed by atoms with E-state index >= 15 is 0 Å². The van der Waals surface area contributed by atoms with Gasteiger partial charge in [-0.05, 0) is 50.1 Å². The molecule has 2 nitrogen and oxygen atoms in total. The fraction of sp³-hybridized carbons (Fsp3) is 0.267. The molecule has 0 spiro atoms. The quantitative estimate of drug-likeness (QED) is 0.403. The molecule has 1 atom stereocenters. The van der Waals surface area contributed by atoms with Crippen molar-refractivity contribution in [1.82, 2.24) is 4.90 Å². The van der Waals surface area contributed by atoms with Gasteiger partial charge in [0.2, 0.25) is 0 Å². The lowest BCUT2D eigenvalue weighted by atomic mass is 9.83. The molecule has 3 heteroatoms. The predicted octanol–water partition coefficient (Wildman–Crippen LogP) is 7.54. The third kappa shape index (κ3) is 4.78. The number of piperidine rings is 1. The van der Waals surface area contributed by atoms with Crippen molar-refractivity contribution in [1.29, 1.82) is 0 Å². The first-order valence-corrected chi connectivity index (χ1v) is 12.3. The number of aryl methyl sites for hydroxylation is 1. The molecule has 2 aliphatic rings. The van der Waals surface area contributed by atoms with E-state index in [9.17, 15) is 0 Å². The van der Waals surface area contributed by atoms with Crippen LogP contribution in [0, 0.1) is 6.92 Å². The first kappa shape index (κ1) is 22.0. The van der Waals surface area contributed by atoms with Crippen molar-refractivity contribution < 1.29 is 4.74 Å². The molecular formula is C30H30ClNO. The van der Waals surface area contributed by atoms with Crippen LogP contribution >= 0.6 is 11.6 Å². The van der Waals surface area contributed by atoms with Gasteiger partial charge in [0.15, 0.2) is 5.76 Å². The van der Waals surface area contributed by atoms with Gasteiger partial charge < -0.3 is 4.74 Å². The Labute approximate surface area is 202 Å². The summed E-state index contributed by atoms with van der Waals surface area (Å²) in [5.41, 5.74) is 5.70. The molecule has 3 aromatic carbocycles. The van der Waals surface area contributed by atoms with Gasteiger partial charge >= 0.3 is 0 Å². The van der Waals surface area contributed by atoms with E-state index < -0.39 is 0 Å². The summed E-state index contributed by atoms with van der Waals surface area (Å²) in [6.45, 7) is 5.30. The van der Waals surface area contributed by atoms with Crippen LogP contribution in [0.3, 0.4) is 0 Å². The number of fused-ring (bicyclic) bond motifs is 1. The van der Waals surface area contributed by atoms with Crippen LogP contribution in [0.4, 0.5) is 0 Å². The highest BCUT2D eigenvalue weighted by Gasteiger charge is 2.31. The number of benzene rings is 3. The van der Waals surface area contributed by atoms with Crippen molar-refractivity contribution in [2.24, 2.45) is 0 Å². The van der Waals surface area contributed by atoms with Gasteiger partial charge in [0.05, 0.1) is 5.03 Å². The van der Waals surface area contributed by atoms with Gasteiger partial charge in [0.1, 0.15) is 5.75 Å². The van der Waals surface area contributed by atoms with E-state index in [1.54, 1.807) is 0 Å². The van der Waals surface area contributed by atoms with Crippen LogP contribution in [-0.4, -0.2) is 24.5 Å². The van der Waals surface area contributed by atoms with Gasteiger partial charge in [0, 0.05) is 23.6 Å². The Hall–Kier alpha value is -2.81. The summed E-state index contributed by atoms with van der Waals surface area (Å²) < 4.78 is 6.56. The fourth-order valence-corrected chi connectivity index (χ4v) is 5.20. The predicted molar refractivity (Wildman–Crippen MR) is 138 cm³/mol. The molecule has 3 aromatic rings. The molecule has 0 aliphatic carbocycles. The molecule has 5 rings (SSSR count). The van der Waals surface area contributed by atoms with Gasteiger partial charge in [-0.1, -0.05) is 102 Å². The van der Waals surface area contributed by atoms with Gasteiger partial charge in [-0.3, -0.25) is 4.90 Å². The SMILES string of the molecule is Cc1ccc(C2=C(Cl)/C(=C/CN3CCCCC3)[C@@H](c3ccccc3)c3ccccc3O2)cc1. The molecule has 33 heavy (non-hydrogen) atoms. The van der Waals surface area contributed by atoms with E-state index in [1.807, 2.05) is 6.07 Å². The molecule has 0 unspecified atom stereocenters. The normalized spacial score (nSPS) is 20.3. The summed E-state index contributed by atoms with van der Waals surface area (Å²) in [5.74, 6) is 1.61. The number of allylic oxidation sites excluding steroid dienone is 2. The summed E-state index contributed by atoms with van der Waals surface area (Å²) >= 11 is 7.25. The van der Waals surface area contributed by atoms with E-state index in [0.717, 1.165) is 47.8 Å². The number of hydrogen-bond donors (Lipinski definition) is 0. The largest absolute Gasteiger partial charge is 0.455 e. The summed E-state index contributed by atoms with van der Waals surface area (Å²) in [5, 5.41) is 0.695. The first-order chi connectivity index (χ1) is 16.2. The van der Waals surface area contributed by atoms with Crippen LogP contribution in [0.2, 0.25) is 0 Å². The zero-order chi connectivity index (χ0) is 22.6. The van der Waals surface area contributed by atoms with Crippen LogP contribution < -0.4 is 4.74 Å². The van der Waals surface area contributed by atoms with Crippen LogP contribution in [0.5, 0.6) is 5.75 Å². The summed E-state index contributed by atoms with van der Waals surface area (Å²) in [4.78, 5) is 2.53. The molecule has 2 aliphatic heterocycles. The topological polar surface area (TPSA) is 12.5 Å². The maximum Gasteiger partial charge on any atom is 0.153 e. The van der Waals surface area contributed by atoms with Crippen molar-refractivity contribution in [3.05, 3.63) is 118 Å². The molecule has 0 saturated carbocycles. The number of likely N-dealkylation sites (tertiary alicyclic amines) is 1. The highest BCUT2D eigenvalue weighted by atomic mass is 35.5. The number of rotatable bonds is 4. The Balaban J connectivity index is 1.68. The molecule has 1 fully saturated rings. The van der Waals surface area contributed by atoms with E-state index in [0.29, 0.717) is 5.03 Å². The molecule has 0 radical (unpaired) electrons. The van der Waals surface area contributed by atoms with E-state index in [1.165, 1.54) is 30.4 Å². The minimum Gasteiger partial charge on any atom is -0.455 e. The lowest BCUT2D eigenvalue weighted by molar-refractivity contribution is 0.251. The molecule has 1 saturated heterocycles. The van der Waals surface area contributed by atoms with Crippen molar-refractivity contribution in [3.8, 4) is 5.75 Å². The van der Waals surface area contributed by atoms with Crippen LogP contribution in [-0.2, 0) is 0 Å². The lowest BCUT2D eigenvalue weighted by Crippen LogP contribution is -2.30. The smallest absolute Gasteiger partial charge is 0.153 e. The van der Waals surface area contributed by atoms with Crippen molar-refractivity contribution in [3.63, 3.8) is 0 Å². The third-order valence-electron chi connectivity index (χ3n) is 6.67. The van der Waals surface area contributed by atoms with E-state index in [-0.39, 0.29) is 5.92 Å². The number of ether oxygens (including phenoxy) is 1. The van der Waals surface area contributed by atoms with Crippen LogP contribution in [0.25, 0.3) is 5.76 Å². The number of nitrogens with zero attached hydrogens (tertiary/aromatic N) is 1. The van der Waals surface area contributed by atoms with E-state index in [4.69, 9.17) is 16.3 Å². The second-order valence-electron chi connectivity index (χ2n) is 9.01. The monoisotopic (exact) mass is 455 g/mol. The molecule has 0 bridgehead atoms. The highest BCUT2D eigenvalue weighted by molar-refractivity contribution is 6.35. The van der Waals surface area contributed by atoms with Gasteiger partial charge in [-0.25, -0.2) is 0 Å². The van der Waals surface area contributed by atoms with Crippen LogP contribution in [0.1, 0.15) is 47.4 Å². The van der Waals surface area contributed by atoms with E-state index in [2.05, 4.69) is 90.7 Å². The lowest BCUT2D eigenvalue weighted by Gasteiger charge is -2.26. The Kier molecular flexibility index (Phi) is 6.66. The first-order valence-electron chi connectivity index (χ1n) is 11.9. The summed E-state index contributed by atoms with van der Waals surface area (Å²) in [6, 6.07) is 27.4. The standard InChI is InChI=1S/C30H30ClNO/c1-22-14-16-24(17-15-22)30-29(31)26(18-21-32-19-8-3-9-20-32)28(23-10-4-2-5-11-23)25-12-6-7-13-27(25)33-30/h2,4-7,10-18,28H,3,8-9,19-21H2,1H3/b26-18+/t28-/m0/s1. The molecular weight excluding hydrogens is 426 g/mol. The summed E-state index contributed by atoms with van der Waals surface area (Å²) in [6.07, 6.45) is 6.22. The zero-order valence-electron chi connectivity index (χ0n) is 19.1. The molecule has 0 N–H and O–H groups in total. The van der Waals surface area contributed by atoms with Gasteiger partial charge in [-0.2, -0.15) is 0 Å². The zero-order valence-corrected chi connectivity index (χ0v) is 19.9. The van der Waals surface area contributed by atoms with Crippen molar-refractivity contribution in [2.45, 2.75) is 32.1 Å². The fourth-order valence-electron chi connectivity index (χ4n) is 4.86. The third-order valence-corrected chi connectivity index (χ3v) is 7.06. The van der Waals surface area contributed by atoms with Crippen LogP contribution in [0.15, 0.2) is 95.5 Å². The van der Waals surface area contributed by atoms with Gasteiger partial charge in [0.25, 0.3) is 0 Å². The Bertz CT molecular complexity index is 1160. The molecule has 0 amide bonds. The number of para-hydroxylation sites is 1.